The highest BCUT2D eigenvalue weighted by atomic mass is 16.5. The first-order valence-electron chi connectivity index (χ1n) is 17.0. The van der Waals surface area contributed by atoms with E-state index in [-0.39, 0.29) is 0 Å². The topological polar surface area (TPSA) is 112 Å². The van der Waals surface area contributed by atoms with E-state index in [2.05, 4.69) is 25.3 Å². The Hall–Kier alpha value is -4.76. The minimum atomic E-state index is 0.377. The second-order valence-electron chi connectivity index (χ2n) is 11.7. The molecule has 0 bridgehead atoms. The van der Waals surface area contributed by atoms with Crippen molar-refractivity contribution in [1.29, 1.82) is 5.26 Å². The molecule has 1 saturated carbocycles. The number of benzene rings is 3. The fourth-order valence-corrected chi connectivity index (χ4v) is 4.92. The fourth-order valence-electron chi connectivity index (χ4n) is 4.92. The number of nitrogens with zero attached hydrogens (tertiary/aromatic N) is 1. The second kappa shape index (κ2) is 27.1. The number of allylic oxidation sites excluding steroid dienone is 1. The molecule has 2 atom stereocenters. The van der Waals surface area contributed by atoms with Crippen LogP contribution in [0.5, 0.6) is 11.5 Å². The van der Waals surface area contributed by atoms with Crippen LogP contribution in [0.15, 0.2) is 66.7 Å². The van der Waals surface area contributed by atoms with Crippen molar-refractivity contribution < 1.29 is 33.3 Å². The number of carbonyl (C=O) groups is 3. The molecule has 268 valence electrons. The van der Waals surface area contributed by atoms with Crippen LogP contribution in [0.2, 0.25) is 0 Å². The van der Waals surface area contributed by atoms with E-state index in [1.807, 2.05) is 42.5 Å². The molecule has 50 heavy (non-hydrogen) atoms. The van der Waals surface area contributed by atoms with Gasteiger partial charge in [0, 0.05) is 44.3 Å². The molecular weight excluding hydrogens is 630 g/mol. The van der Waals surface area contributed by atoms with E-state index in [1.54, 1.807) is 33.3 Å². The van der Waals surface area contributed by atoms with Crippen LogP contribution in [-0.2, 0) is 14.3 Å². The molecule has 0 amide bonds. The van der Waals surface area contributed by atoms with E-state index < -0.39 is 0 Å². The van der Waals surface area contributed by atoms with E-state index in [0.717, 1.165) is 68.0 Å². The zero-order valence-electron chi connectivity index (χ0n) is 30.4. The molecule has 3 aromatic carbocycles. The third kappa shape index (κ3) is 18.1. The van der Waals surface area contributed by atoms with Crippen LogP contribution in [0.25, 0.3) is 10.8 Å². The number of carbonyl (C=O) groups excluding carboxylic acids is 3. The molecule has 8 heteroatoms. The number of methoxy groups -OCH3 is 3. The maximum Gasteiger partial charge on any atom is 0.150 e. The predicted octanol–water partition coefficient (Wildman–Crippen LogP) is 8.98. The van der Waals surface area contributed by atoms with Crippen LogP contribution in [0, 0.1) is 29.1 Å². The van der Waals surface area contributed by atoms with Gasteiger partial charge in [-0.15, -0.1) is 5.92 Å². The molecule has 1 aliphatic rings. The number of rotatable bonds is 13. The highest BCUT2D eigenvalue weighted by Gasteiger charge is 2.19. The summed E-state index contributed by atoms with van der Waals surface area (Å²) in [5.74, 6) is 8.44. The van der Waals surface area contributed by atoms with Crippen molar-refractivity contribution in [1.82, 2.24) is 0 Å². The van der Waals surface area contributed by atoms with Crippen molar-refractivity contribution in [3.05, 3.63) is 83.4 Å². The van der Waals surface area contributed by atoms with Gasteiger partial charge >= 0.3 is 0 Å². The minimum Gasteiger partial charge on any atom is -0.495 e. The summed E-state index contributed by atoms with van der Waals surface area (Å²) >= 11 is 0. The van der Waals surface area contributed by atoms with Gasteiger partial charge in [-0.25, -0.2) is 0 Å². The molecular formula is C42H53NO7. The molecule has 0 saturated heterocycles. The number of ether oxygens (including phenoxy) is 4. The van der Waals surface area contributed by atoms with Gasteiger partial charge in [-0.1, -0.05) is 44.0 Å². The van der Waals surface area contributed by atoms with E-state index >= 15 is 0 Å². The fraction of sp³-hybridized carbons (Fsp3) is 0.429. The third-order valence-corrected chi connectivity index (χ3v) is 7.61. The SMILES string of the molecule is C=C(C)C=O.CCC#CC1CCCC(OC)C1.COCCCCCCOc1ccc2cc(C=O)ccc2c1.COc1ccc(C=O)cc1C#N. The quantitative estimate of drug-likeness (QED) is 0.0760. The van der Waals surface area contributed by atoms with E-state index in [1.165, 1.54) is 45.3 Å². The van der Waals surface area contributed by atoms with Crippen LogP contribution in [0.1, 0.15) is 97.9 Å². The van der Waals surface area contributed by atoms with Gasteiger partial charge in [-0.05, 0) is 105 Å². The summed E-state index contributed by atoms with van der Waals surface area (Å²) in [4.78, 5) is 30.5. The summed E-state index contributed by atoms with van der Waals surface area (Å²) < 4.78 is 21.0. The molecule has 0 spiro atoms. The zero-order valence-corrected chi connectivity index (χ0v) is 30.4. The lowest BCUT2D eigenvalue weighted by Crippen LogP contribution is -2.20. The third-order valence-electron chi connectivity index (χ3n) is 7.61. The number of unbranched alkanes of at least 4 members (excludes halogenated alkanes) is 3. The lowest BCUT2D eigenvalue weighted by molar-refractivity contribution is -0.104. The number of aldehydes is 3. The smallest absolute Gasteiger partial charge is 0.150 e. The summed E-state index contributed by atoms with van der Waals surface area (Å²) in [6.07, 6.45) is 13.2. The van der Waals surface area contributed by atoms with Gasteiger partial charge < -0.3 is 18.9 Å². The highest BCUT2D eigenvalue weighted by Crippen LogP contribution is 2.25. The van der Waals surface area contributed by atoms with Crippen molar-refractivity contribution in [2.24, 2.45) is 5.92 Å². The Balaban J connectivity index is 0.000000370. The largest absolute Gasteiger partial charge is 0.495 e. The van der Waals surface area contributed by atoms with Gasteiger partial charge in [0.1, 0.15) is 36.4 Å². The lowest BCUT2D eigenvalue weighted by atomic mass is 9.87. The van der Waals surface area contributed by atoms with Crippen molar-refractivity contribution in [2.45, 2.75) is 77.7 Å². The molecule has 0 radical (unpaired) electrons. The second-order valence-corrected chi connectivity index (χ2v) is 11.7. The average molecular weight is 684 g/mol. The first-order valence-corrected chi connectivity index (χ1v) is 17.0. The van der Waals surface area contributed by atoms with Crippen LogP contribution >= 0.6 is 0 Å². The molecule has 0 heterocycles. The van der Waals surface area contributed by atoms with Crippen molar-refractivity contribution in [3.8, 4) is 29.4 Å². The molecule has 0 N–H and O–H groups in total. The Bertz CT molecular complexity index is 1560. The molecule has 4 rings (SSSR count). The highest BCUT2D eigenvalue weighted by molar-refractivity contribution is 5.89. The Morgan fingerprint density at radius 2 is 1.52 bits per heavy atom. The van der Waals surface area contributed by atoms with Crippen LogP contribution < -0.4 is 9.47 Å². The number of fused-ring (bicyclic) bond motifs is 1. The summed E-state index contributed by atoms with van der Waals surface area (Å²) in [6.45, 7) is 8.65. The maximum absolute atomic E-state index is 10.8. The van der Waals surface area contributed by atoms with Gasteiger partial charge in [0.05, 0.1) is 25.4 Å². The summed E-state index contributed by atoms with van der Waals surface area (Å²) in [5, 5.41) is 10.8. The average Bonchev–Trinajstić information content (AvgIpc) is 3.16. The van der Waals surface area contributed by atoms with Gasteiger partial charge in [0.25, 0.3) is 0 Å². The Labute approximate surface area is 298 Å². The van der Waals surface area contributed by atoms with Crippen LogP contribution in [0.3, 0.4) is 0 Å². The molecule has 3 aromatic rings. The summed E-state index contributed by atoms with van der Waals surface area (Å²) in [6, 6.07) is 18.3. The summed E-state index contributed by atoms with van der Waals surface area (Å²) in [5.41, 5.74) is 2.13. The van der Waals surface area contributed by atoms with Crippen molar-refractivity contribution >= 4 is 29.6 Å². The van der Waals surface area contributed by atoms with Crippen molar-refractivity contribution in [3.63, 3.8) is 0 Å². The molecule has 2 unspecified atom stereocenters. The number of hydrogen-bond acceptors (Lipinski definition) is 8. The predicted molar refractivity (Wildman–Crippen MR) is 200 cm³/mol. The van der Waals surface area contributed by atoms with Crippen molar-refractivity contribution in [2.75, 3.05) is 34.5 Å². The Kier molecular flexibility index (Phi) is 23.5. The first kappa shape index (κ1) is 43.3. The normalized spacial score (nSPS) is 14.2. The summed E-state index contributed by atoms with van der Waals surface area (Å²) in [7, 11) is 5.03. The van der Waals surface area contributed by atoms with Gasteiger partial charge in [-0.2, -0.15) is 5.26 Å². The molecule has 0 aromatic heterocycles. The number of hydrogen-bond donors (Lipinski definition) is 0. The minimum absolute atomic E-state index is 0.377. The monoisotopic (exact) mass is 683 g/mol. The van der Waals surface area contributed by atoms with E-state index in [9.17, 15) is 14.4 Å². The lowest BCUT2D eigenvalue weighted by Gasteiger charge is -2.24. The first-order chi connectivity index (χ1) is 24.3. The zero-order chi connectivity index (χ0) is 37.0. The van der Waals surface area contributed by atoms with Gasteiger partial charge in [0.15, 0.2) is 0 Å². The molecule has 1 aliphatic carbocycles. The van der Waals surface area contributed by atoms with E-state index in [0.29, 0.717) is 46.3 Å². The van der Waals surface area contributed by atoms with E-state index in [4.69, 9.17) is 24.2 Å². The van der Waals surface area contributed by atoms with Crippen LogP contribution in [-0.4, -0.2) is 59.5 Å². The number of nitriles is 1. The molecule has 1 fully saturated rings. The Morgan fingerprint density at radius 3 is 2.12 bits per heavy atom. The standard InChI is InChI=1S/C18H22O3.C11H18O.C9H7NO2.C4H6O/c1-20-10-4-2-3-5-11-21-18-9-8-16-12-15(14-19)6-7-17(16)13-18;1-3-4-6-10-7-5-8-11(9-10)12-2;1-12-9-3-2-7(6-11)4-8(9)5-10;1-4(2)3-5/h6-9,12-14H,2-5,10-11H2,1H3;10-11H,3,5,7-9H2,1-2H3;2-4,6H,1H3;3H,1H2,2H3. The van der Waals surface area contributed by atoms with Gasteiger partial charge in [0.2, 0.25) is 0 Å². The van der Waals surface area contributed by atoms with Crippen LogP contribution in [0.4, 0.5) is 0 Å². The molecule has 8 nitrogen and oxygen atoms in total. The Morgan fingerprint density at radius 1 is 0.880 bits per heavy atom. The molecule has 0 aliphatic heterocycles. The maximum atomic E-state index is 10.8. The van der Waals surface area contributed by atoms with Gasteiger partial charge in [-0.3, -0.25) is 14.4 Å².